The summed E-state index contributed by atoms with van der Waals surface area (Å²) < 4.78 is 11.7. The number of aliphatic hydroxyl groups is 1. The molecule has 0 unspecified atom stereocenters. The zero-order valence-electron chi connectivity index (χ0n) is 20.9. The predicted octanol–water partition coefficient (Wildman–Crippen LogP) is 4.17. The summed E-state index contributed by atoms with van der Waals surface area (Å²) in [6.45, 7) is 5.63. The van der Waals surface area contributed by atoms with Crippen molar-refractivity contribution in [3.63, 3.8) is 0 Å². The number of rotatable bonds is 9. The van der Waals surface area contributed by atoms with Gasteiger partial charge in [-0.3, -0.25) is 9.59 Å². The fourth-order valence-electron chi connectivity index (χ4n) is 4.60. The van der Waals surface area contributed by atoms with Crippen molar-refractivity contribution in [3.05, 3.63) is 64.7 Å². The second-order valence-electron chi connectivity index (χ2n) is 9.53. The summed E-state index contributed by atoms with van der Waals surface area (Å²) in [7, 11) is 3.84. The highest BCUT2D eigenvalue weighted by molar-refractivity contribution is 6.46. The molecule has 0 radical (unpaired) electrons. The molecule has 0 aliphatic carbocycles. The highest BCUT2D eigenvalue weighted by Crippen LogP contribution is 2.41. The van der Waals surface area contributed by atoms with Crippen molar-refractivity contribution in [2.24, 2.45) is 0 Å². The van der Waals surface area contributed by atoms with Gasteiger partial charge in [-0.15, -0.1) is 0 Å². The van der Waals surface area contributed by atoms with E-state index in [-0.39, 0.29) is 17.4 Å². The number of carbonyl (C=O) groups excluding carboxylic acids is 2. The molecule has 2 aliphatic rings. The summed E-state index contributed by atoms with van der Waals surface area (Å²) in [5.74, 6) is 0.0228. The lowest BCUT2D eigenvalue weighted by Crippen LogP contribution is -2.35. The van der Waals surface area contributed by atoms with E-state index >= 15 is 0 Å². The molecule has 186 valence electrons. The SMILES string of the molecule is CCCCOc1cccc([C@@H]2C(=C(O)c3ccc4c(c3)C[C@@H](C)O4)C(=O)C(=O)N2CCN(C)C)c1. The van der Waals surface area contributed by atoms with Gasteiger partial charge in [0.25, 0.3) is 11.7 Å². The third kappa shape index (κ3) is 5.20. The van der Waals surface area contributed by atoms with Crippen LogP contribution in [-0.2, 0) is 16.0 Å². The van der Waals surface area contributed by atoms with E-state index in [0.29, 0.717) is 31.0 Å². The first-order valence-corrected chi connectivity index (χ1v) is 12.3. The van der Waals surface area contributed by atoms with Crippen LogP contribution in [0.25, 0.3) is 5.76 Å². The van der Waals surface area contributed by atoms with Gasteiger partial charge >= 0.3 is 0 Å². The number of amides is 1. The summed E-state index contributed by atoms with van der Waals surface area (Å²) in [6.07, 6.45) is 2.75. The predicted molar refractivity (Wildman–Crippen MR) is 135 cm³/mol. The second kappa shape index (κ2) is 10.5. The van der Waals surface area contributed by atoms with Crippen molar-refractivity contribution in [2.45, 2.75) is 45.3 Å². The molecule has 1 N–H and O–H groups in total. The monoisotopic (exact) mass is 478 g/mol. The molecule has 2 aromatic carbocycles. The van der Waals surface area contributed by atoms with E-state index in [2.05, 4.69) is 6.92 Å². The van der Waals surface area contributed by atoms with Crippen molar-refractivity contribution in [1.29, 1.82) is 0 Å². The fourth-order valence-corrected chi connectivity index (χ4v) is 4.60. The van der Waals surface area contributed by atoms with Crippen molar-refractivity contribution < 1.29 is 24.2 Å². The van der Waals surface area contributed by atoms with Crippen LogP contribution < -0.4 is 9.47 Å². The van der Waals surface area contributed by atoms with Crippen LogP contribution in [0.3, 0.4) is 0 Å². The van der Waals surface area contributed by atoms with Crippen LogP contribution in [0.5, 0.6) is 11.5 Å². The molecule has 7 nitrogen and oxygen atoms in total. The van der Waals surface area contributed by atoms with Crippen LogP contribution in [0.1, 0.15) is 49.4 Å². The molecule has 1 amide bonds. The molecule has 35 heavy (non-hydrogen) atoms. The maximum atomic E-state index is 13.3. The first-order chi connectivity index (χ1) is 16.8. The highest BCUT2D eigenvalue weighted by atomic mass is 16.5. The number of Topliss-reactive ketones (excluding diaryl/α,β-unsaturated/α-hetero) is 1. The molecule has 0 bridgehead atoms. The number of likely N-dealkylation sites (N-methyl/N-ethyl adjacent to an activating group) is 1. The molecule has 1 saturated heterocycles. The van der Waals surface area contributed by atoms with Crippen LogP contribution >= 0.6 is 0 Å². The first-order valence-electron chi connectivity index (χ1n) is 12.3. The summed E-state index contributed by atoms with van der Waals surface area (Å²) in [5.41, 5.74) is 2.32. The maximum Gasteiger partial charge on any atom is 0.295 e. The van der Waals surface area contributed by atoms with E-state index in [9.17, 15) is 14.7 Å². The van der Waals surface area contributed by atoms with E-state index in [4.69, 9.17) is 9.47 Å². The van der Waals surface area contributed by atoms with Crippen molar-refractivity contribution >= 4 is 17.4 Å². The third-order valence-corrected chi connectivity index (χ3v) is 6.44. The molecule has 0 aromatic heterocycles. The topological polar surface area (TPSA) is 79.3 Å². The minimum Gasteiger partial charge on any atom is -0.507 e. The molecule has 0 saturated carbocycles. The zero-order chi connectivity index (χ0) is 25.1. The number of hydrogen-bond donors (Lipinski definition) is 1. The Morgan fingerprint density at radius 2 is 2.00 bits per heavy atom. The average Bonchev–Trinajstić information content (AvgIpc) is 3.33. The van der Waals surface area contributed by atoms with Crippen LogP contribution in [0.2, 0.25) is 0 Å². The highest BCUT2D eigenvalue weighted by Gasteiger charge is 2.46. The number of aliphatic hydroxyl groups excluding tert-OH is 1. The van der Waals surface area contributed by atoms with Crippen LogP contribution in [0.15, 0.2) is 48.0 Å². The molecular formula is C28H34N2O5. The van der Waals surface area contributed by atoms with E-state index in [1.54, 1.807) is 11.0 Å². The molecule has 7 heteroatoms. The van der Waals surface area contributed by atoms with Gasteiger partial charge in [-0.25, -0.2) is 0 Å². The number of fused-ring (bicyclic) bond motifs is 1. The van der Waals surface area contributed by atoms with Crippen molar-refractivity contribution in [1.82, 2.24) is 9.80 Å². The van der Waals surface area contributed by atoms with E-state index in [1.165, 1.54) is 0 Å². The number of ketones is 1. The second-order valence-corrected chi connectivity index (χ2v) is 9.53. The van der Waals surface area contributed by atoms with Gasteiger partial charge in [0, 0.05) is 25.1 Å². The van der Waals surface area contributed by atoms with Crippen molar-refractivity contribution in [2.75, 3.05) is 33.8 Å². The summed E-state index contributed by atoms with van der Waals surface area (Å²) in [6, 6.07) is 12.2. The molecule has 2 aliphatic heterocycles. The van der Waals surface area contributed by atoms with Gasteiger partial charge in [-0.2, -0.15) is 0 Å². The molecule has 2 aromatic rings. The lowest BCUT2D eigenvalue weighted by atomic mass is 9.94. The Morgan fingerprint density at radius 1 is 1.20 bits per heavy atom. The first kappa shape index (κ1) is 24.8. The number of carbonyl (C=O) groups is 2. The van der Waals surface area contributed by atoms with Crippen LogP contribution in [0, 0.1) is 0 Å². The van der Waals surface area contributed by atoms with Gasteiger partial charge in [0.15, 0.2) is 0 Å². The van der Waals surface area contributed by atoms with Gasteiger partial charge in [0.2, 0.25) is 0 Å². The Kier molecular flexibility index (Phi) is 7.45. The minimum atomic E-state index is -0.701. The Balaban J connectivity index is 1.77. The Morgan fingerprint density at radius 3 is 2.74 bits per heavy atom. The minimum absolute atomic E-state index is 0.0643. The summed E-state index contributed by atoms with van der Waals surface area (Å²) in [5, 5.41) is 11.4. The Labute approximate surface area is 206 Å². The van der Waals surface area contributed by atoms with Gasteiger partial charge < -0.3 is 24.4 Å². The van der Waals surface area contributed by atoms with Gasteiger partial charge in [-0.05, 0) is 68.9 Å². The number of ether oxygens (including phenoxy) is 2. The number of hydrogen-bond acceptors (Lipinski definition) is 6. The maximum absolute atomic E-state index is 13.3. The number of unbranched alkanes of at least 4 members (excludes halogenated alkanes) is 1. The largest absolute Gasteiger partial charge is 0.507 e. The Hall–Kier alpha value is -3.32. The number of nitrogens with zero attached hydrogens (tertiary/aromatic N) is 2. The molecule has 2 atom stereocenters. The molecular weight excluding hydrogens is 444 g/mol. The quantitative estimate of drug-likeness (QED) is 0.252. The van der Waals surface area contributed by atoms with E-state index in [1.807, 2.05) is 62.3 Å². The van der Waals surface area contributed by atoms with Gasteiger partial charge in [-0.1, -0.05) is 25.5 Å². The molecule has 1 fully saturated rings. The van der Waals surface area contributed by atoms with E-state index in [0.717, 1.165) is 36.1 Å². The van der Waals surface area contributed by atoms with Gasteiger partial charge in [0.05, 0.1) is 18.2 Å². The number of likely N-dealkylation sites (tertiary alicyclic amines) is 1. The zero-order valence-corrected chi connectivity index (χ0v) is 20.9. The van der Waals surface area contributed by atoms with Crippen molar-refractivity contribution in [3.8, 4) is 11.5 Å². The van der Waals surface area contributed by atoms with Crippen LogP contribution in [0.4, 0.5) is 0 Å². The lowest BCUT2D eigenvalue weighted by Gasteiger charge is -2.27. The standard InChI is InChI=1S/C28H34N2O5/c1-5-6-14-34-22-9-7-8-19(17-22)25-24(27(32)28(33)30(25)13-12-29(3)4)26(31)20-10-11-23-21(16-20)15-18(2)35-23/h7-11,16-18,25,31H,5-6,12-15H2,1-4H3/t18-,25-/m1/s1. The molecule has 2 heterocycles. The fraction of sp³-hybridized carbons (Fsp3) is 0.429. The molecule has 4 rings (SSSR count). The smallest absolute Gasteiger partial charge is 0.295 e. The van der Waals surface area contributed by atoms with Crippen LogP contribution in [-0.4, -0.2) is 66.5 Å². The number of benzene rings is 2. The third-order valence-electron chi connectivity index (χ3n) is 6.44. The summed E-state index contributed by atoms with van der Waals surface area (Å²) in [4.78, 5) is 29.9. The van der Waals surface area contributed by atoms with E-state index < -0.39 is 17.7 Å². The Bertz CT molecular complexity index is 1140. The molecule has 0 spiro atoms. The average molecular weight is 479 g/mol. The normalized spacial score (nSPS) is 20.9. The summed E-state index contributed by atoms with van der Waals surface area (Å²) >= 11 is 0. The van der Waals surface area contributed by atoms with Gasteiger partial charge in [0.1, 0.15) is 23.4 Å². The lowest BCUT2D eigenvalue weighted by molar-refractivity contribution is -0.140.